The lowest BCUT2D eigenvalue weighted by atomic mass is 9.88. The van der Waals surface area contributed by atoms with Crippen LogP contribution in [0, 0.1) is 5.92 Å². The molecule has 0 amide bonds. The Morgan fingerprint density at radius 3 is 2.32 bits per heavy atom. The van der Waals surface area contributed by atoms with Crippen molar-refractivity contribution in [3.8, 4) is 5.75 Å². The van der Waals surface area contributed by atoms with Gasteiger partial charge in [0.2, 0.25) is 0 Å². The molecule has 1 fully saturated rings. The number of hydrogen-bond donors (Lipinski definition) is 1. The molecule has 0 spiro atoms. The summed E-state index contributed by atoms with van der Waals surface area (Å²) in [6.07, 6.45) is 3.51. The fourth-order valence-electron chi connectivity index (χ4n) is 2.71. The average Bonchev–Trinajstić information content (AvgIpc) is 2.47. The first kappa shape index (κ1) is 16.1. The van der Waals surface area contributed by atoms with Crippen LogP contribution in [0.3, 0.4) is 0 Å². The van der Waals surface area contributed by atoms with Crippen LogP contribution < -0.4 is 15.4 Å². The van der Waals surface area contributed by atoms with Crippen molar-refractivity contribution >= 4 is 18.1 Å². The van der Waals surface area contributed by atoms with Gasteiger partial charge in [-0.25, -0.2) is 0 Å². The zero-order valence-corrected chi connectivity index (χ0v) is 12.7. The molecule has 0 radical (unpaired) electrons. The highest BCUT2D eigenvalue weighted by Crippen LogP contribution is 2.26. The Hall–Kier alpha value is -0.930. The molecule has 0 saturated carbocycles. The zero-order valence-electron chi connectivity index (χ0n) is 11.8. The molecule has 1 saturated heterocycles. The van der Waals surface area contributed by atoms with E-state index in [1.54, 1.807) is 7.11 Å². The minimum atomic E-state index is 0. The van der Waals surface area contributed by atoms with E-state index in [1.807, 2.05) is 12.1 Å². The monoisotopic (exact) mass is 284 g/mol. The Balaban J connectivity index is 0.00000180. The fourth-order valence-corrected chi connectivity index (χ4v) is 2.71. The summed E-state index contributed by atoms with van der Waals surface area (Å²) < 4.78 is 5.18. The molecule has 1 unspecified atom stereocenters. The molecular formula is C15H25ClN2O. The lowest BCUT2D eigenvalue weighted by Crippen LogP contribution is -2.40. The van der Waals surface area contributed by atoms with Crippen molar-refractivity contribution in [2.45, 2.75) is 32.2 Å². The molecule has 108 valence electrons. The van der Waals surface area contributed by atoms with Gasteiger partial charge in [-0.15, -0.1) is 12.4 Å². The zero-order chi connectivity index (χ0) is 13.0. The second kappa shape index (κ2) is 7.61. The summed E-state index contributed by atoms with van der Waals surface area (Å²) in [5.74, 6) is 1.62. The van der Waals surface area contributed by atoms with E-state index in [0.717, 1.165) is 25.3 Å². The SMILES string of the molecule is CCC(N)C1CCN(c2ccc(OC)cc2)CC1.Cl. The first-order chi connectivity index (χ1) is 8.74. The predicted molar refractivity (Wildman–Crippen MR) is 83.4 cm³/mol. The number of hydrogen-bond acceptors (Lipinski definition) is 3. The fraction of sp³-hybridized carbons (Fsp3) is 0.600. The van der Waals surface area contributed by atoms with Crippen molar-refractivity contribution in [2.24, 2.45) is 11.7 Å². The van der Waals surface area contributed by atoms with E-state index < -0.39 is 0 Å². The quantitative estimate of drug-likeness (QED) is 0.923. The van der Waals surface area contributed by atoms with E-state index in [9.17, 15) is 0 Å². The molecule has 2 N–H and O–H groups in total. The smallest absolute Gasteiger partial charge is 0.119 e. The topological polar surface area (TPSA) is 38.5 Å². The minimum absolute atomic E-state index is 0. The molecule has 0 bridgehead atoms. The van der Waals surface area contributed by atoms with E-state index >= 15 is 0 Å². The molecule has 1 atom stereocenters. The van der Waals surface area contributed by atoms with Crippen LogP contribution in [-0.2, 0) is 0 Å². The molecule has 1 aromatic carbocycles. The van der Waals surface area contributed by atoms with E-state index in [4.69, 9.17) is 10.5 Å². The maximum absolute atomic E-state index is 6.13. The van der Waals surface area contributed by atoms with Crippen LogP contribution in [0.1, 0.15) is 26.2 Å². The number of nitrogens with zero attached hydrogens (tertiary/aromatic N) is 1. The Morgan fingerprint density at radius 1 is 1.26 bits per heavy atom. The lowest BCUT2D eigenvalue weighted by molar-refractivity contribution is 0.334. The van der Waals surface area contributed by atoms with Crippen LogP contribution in [0.4, 0.5) is 5.69 Å². The van der Waals surface area contributed by atoms with Gasteiger partial charge in [-0.05, 0) is 49.4 Å². The summed E-state index contributed by atoms with van der Waals surface area (Å²) in [4.78, 5) is 2.44. The van der Waals surface area contributed by atoms with Crippen LogP contribution in [0.5, 0.6) is 5.75 Å². The summed E-state index contributed by atoms with van der Waals surface area (Å²) >= 11 is 0. The van der Waals surface area contributed by atoms with Gasteiger partial charge in [-0.2, -0.15) is 0 Å². The van der Waals surface area contributed by atoms with Crippen molar-refractivity contribution < 1.29 is 4.74 Å². The summed E-state index contributed by atoms with van der Waals surface area (Å²) in [6, 6.07) is 8.71. The second-order valence-corrected chi connectivity index (χ2v) is 5.09. The third kappa shape index (κ3) is 4.02. The van der Waals surface area contributed by atoms with Gasteiger partial charge in [0.05, 0.1) is 7.11 Å². The Morgan fingerprint density at radius 2 is 1.84 bits per heavy atom. The number of anilines is 1. The van der Waals surface area contributed by atoms with Crippen LogP contribution in [0.2, 0.25) is 0 Å². The molecule has 3 nitrogen and oxygen atoms in total. The summed E-state index contributed by atoms with van der Waals surface area (Å²) in [6.45, 7) is 4.41. The molecule has 1 aromatic rings. The van der Waals surface area contributed by atoms with Crippen molar-refractivity contribution in [3.63, 3.8) is 0 Å². The summed E-state index contributed by atoms with van der Waals surface area (Å²) in [5.41, 5.74) is 7.43. The van der Waals surface area contributed by atoms with Crippen molar-refractivity contribution in [1.29, 1.82) is 0 Å². The first-order valence-electron chi connectivity index (χ1n) is 6.89. The largest absolute Gasteiger partial charge is 0.497 e. The standard InChI is InChI=1S/C15H24N2O.ClH/c1-3-15(16)12-8-10-17(11-9-12)13-4-6-14(18-2)7-5-13;/h4-7,12,15H,3,8-11,16H2,1-2H3;1H. The number of methoxy groups -OCH3 is 1. The normalized spacial score (nSPS) is 17.7. The van der Waals surface area contributed by atoms with Gasteiger partial charge in [0.15, 0.2) is 0 Å². The minimum Gasteiger partial charge on any atom is -0.497 e. The van der Waals surface area contributed by atoms with Gasteiger partial charge < -0.3 is 15.4 Å². The van der Waals surface area contributed by atoms with E-state index in [2.05, 4.69) is 24.0 Å². The molecule has 1 aliphatic rings. The summed E-state index contributed by atoms with van der Waals surface area (Å²) in [7, 11) is 1.70. The van der Waals surface area contributed by atoms with Crippen LogP contribution >= 0.6 is 12.4 Å². The second-order valence-electron chi connectivity index (χ2n) is 5.09. The van der Waals surface area contributed by atoms with Crippen molar-refractivity contribution in [1.82, 2.24) is 0 Å². The number of benzene rings is 1. The van der Waals surface area contributed by atoms with Gasteiger partial charge in [0, 0.05) is 24.8 Å². The van der Waals surface area contributed by atoms with E-state index in [-0.39, 0.29) is 12.4 Å². The Kier molecular flexibility index (Phi) is 6.46. The maximum Gasteiger partial charge on any atom is 0.119 e. The highest BCUT2D eigenvalue weighted by molar-refractivity contribution is 5.85. The third-order valence-electron chi connectivity index (χ3n) is 4.05. The molecule has 0 aliphatic carbocycles. The van der Waals surface area contributed by atoms with Crippen LogP contribution in [-0.4, -0.2) is 26.2 Å². The molecule has 4 heteroatoms. The maximum atomic E-state index is 6.13. The highest BCUT2D eigenvalue weighted by Gasteiger charge is 2.23. The number of nitrogens with two attached hydrogens (primary N) is 1. The van der Waals surface area contributed by atoms with Crippen LogP contribution in [0.15, 0.2) is 24.3 Å². The van der Waals surface area contributed by atoms with Gasteiger partial charge >= 0.3 is 0 Å². The molecule has 0 aromatic heterocycles. The van der Waals surface area contributed by atoms with Crippen molar-refractivity contribution in [2.75, 3.05) is 25.1 Å². The average molecular weight is 285 g/mol. The Labute approximate surface area is 122 Å². The van der Waals surface area contributed by atoms with Crippen molar-refractivity contribution in [3.05, 3.63) is 24.3 Å². The van der Waals surface area contributed by atoms with Crippen LogP contribution in [0.25, 0.3) is 0 Å². The molecule has 2 rings (SSSR count). The van der Waals surface area contributed by atoms with Gasteiger partial charge in [0.25, 0.3) is 0 Å². The first-order valence-corrected chi connectivity index (χ1v) is 6.89. The van der Waals surface area contributed by atoms with Gasteiger partial charge in [0.1, 0.15) is 5.75 Å². The summed E-state index contributed by atoms with van der Waals surface area (Å²) in [5, 5.41) is 0. The third-order valence-corrected chi connectivity index (χ3v) is 4.05. The van der Waals surface area contributed by atoms with E-state index in [0.29, 0.717) is 12.0 Å². The number of halogens is 1. The number of rotatable bonds is 4. The lowest BCUT2D eigenvalue weighted by Gasteiger charge is -2.36. The molecule has 1 heterocycles. The van der Waals surface area contributed by atoms with E-state index in [1.165, 1.54) is 18.5 Å². The number of piperidine rings is 1. The molecule has 1 aliphatic heterocycles. The van der Waals surface area contributed by atoms with Gasteiger partial charge in [-0.1, -0.05) is 6.92 Å². The number of ether oxygens (including phenoxy) is 1. The molecule has 19 heavy (non-hydrogen) atoms. The molecular weight excluding hydrogens is 260 g/mol. The Bertz CT molecular complexity index is 361. The predicted octanol–water partition coefficient (Wildman–Crippen LogP) is 3.07. The van der Waals surface area contributed by atoms with Gasteiger partial charge in [-0.3, -0.25) is 0 Å². The highest BCUT2D eigenvalue weighted by atomic mass is 35.5.